The van der Waals surface area contributed by atoms with Crippen LogP contribution in [0.3, 0.4) is 0 Å². The molecule has 0 atom stereocenters. The molecule has 176 valence electrons. The molecule has 0 bridgehead atoms. The number of fused-ring (bicyclic) bond motifs is 1. The van der Waals surface area contributed by atoms with Gasteiger partial charge in [0.15, 0.2) is 0 Å². The quantitative estimate of drug-likeness (QED) is 0.410. The second kappa shape index (κ2) is 8.93. The highest BCUT2D eigenvalue weighted by atomic mass is 35.5. The van der Waals surface area contributed by atoms with Gasteiger partial charge >= 0.3 is 6.03 Å². The monoisotopic (exact) mass is 497 g/mol. The number of carbonyl (C=O) groups excluding carboxylic acids is 3. The summed E-state index contributed by atoms with van der Waals surface area (Å²) in [5.74, 6) is -1.53. The molecule has 1 fully saturated rings. The molecule has 1 N–H and O–H groups in total. The fourth-order valence-corrected chi connectivity index (χ4v) is 4.91. The van der Waals surface area contributed by atoms with Crippen LogP contribution in [0.1, 0.15) is 45.2 Å². The Hall–Kier alpha value is -3.09. The van der Waals surface area contributed by atoms with Crippen molar-refractivity contribution in [2.24, 2.45) is 0 Å². The van der Waals surface area contributed by atoms with Crippen LogP contribution in [0.5, 0.6) is 0 Å². The van der Waals surface area contributed by atoms with Crippen LogP contribution in [0.2, 0.25) is 10.0 Å². The molecular weight excluding hydrogens is 473 g/mol. The van der Waals surface area contributed by atoms with Crippen LogP contribution >= 0.6 is 23.2 Å². The zero-order valence-corrected chi connectivity index (χ0v) is 20.9. The number of rotatable bonds is 4. The third-order valence-electron chi connectivity index (χ3n) is 6.03. The van der Waals surface area contributed by atoms with Gasteiger partial charge in [0.25, 0.3) is 11.8 Å². The molecule has 2 aromatic rings. The van der Waals surface area contributed by atoms with Crippen LogP contribution < -0.4 is 15.1 Å². The smallest absolute Gasteiger partial charge is 0.336 e. The molecule has 2 aromatic carbocycles. The Bertz CT molecular complexity index is 1280. The second-order valence-corrected chi connectivity index (χ2v) is 9.73. The molecule has 0 aliphatic carbocycles. The fourth-order valence-electron chi connectivity index (χ4n) is 4.53. The molecule has 0 radical (unpaired) electrons. The van der Waals surface area contributed by atoms with Crippen molar-refractivity contribution in [3.8, 4) is 0 Å². The zero-order chi connectivity index (χ0) is 24.8. The van der Waals surface area contributed by atoms with Gasteiger partial charge < -0.3 is 4.90 Å². The molecule has 4 amide bonds. The molecule has 1 saturated heterocycles. The second-order valence-electron chi connectivity index (χ2n) is 8.94. The summed E-state index contributed by atoms with van der Waals surface area (Å²) >= 11 is 12.3. The molecule has 2 aliphatic heterocycles. The number of nitrogens with one attached hydrogen (secondary N) is 1. The lowest BCUT2D eigenvalue weighted by atomic mass is 9.87. The minimum Gasteiger partial charge on any atom is -0.362 e. The van der Waals surface area contributed by atoms with Crippen LogP contribution in [-0.4, -0.2) is 29.9 Å². The summed E-state index contributed by atoms with van der Waals surface area (Å²) in [5, 5.41) is 2.46. The summed E-state index contributed by atoms with van der Waals surface area (Å²) in [6.45, 7) is 9.47. The first-order valence-electron chi connectivity index (χ1n) is 11.0. The van der Waals surface area contributed by atoms with Crippen molar-refractivity contribution in [2.75, 3.05) is 16.3 Å². The van der Waals surface area contributed by atoms with Gasteiger partial charge in [-0.05, 0) is 68.7 Å². The van der Waals surface area contributed by atoms with Crippen molar-refractivity contribution in [3.63, 3.8) is 0 Å². The number of anilines is 2. The van der Waals surface area contributed by atoms with Crippen LogP contribution in [0, 0.1) is 0 Å². The van der Waals surface area contributed by atoms with Crippen molar-refractivity contribution >= 4 is 64.1 Å². The van der Waals surface area contributed by atoms with Gasteiger partial charge in [0, 0.05) is 17.8 Å². The molecule has 2 heterocycles. The SMILES string of the molecule is CCCN1c2ccc(/C=C3/C(=O)NC(=O)N(c4cccc(Cl)c4Cl)C3=O)cc2C(C)=CC1(C)C. The highest BCUT2D eigenvalue weighted by Gasteiger charge is 2.38. The molecule has 0 unspecified atom stereocenters. The summed E-state index contributed by atoms with van der Waals surface area (Å²) in [6, 6.07) is 9.59. The predicted octanol–water partition coefficient (Wildman–Crippen LogP) is 6.07. The molecule has 34 heavy (non-hydrogen) atoms. The van der Waals surface area contributed by atoms with Gasteiger partial charge in [0.1, 0.15) is 5.57 Å². The normalized spacial score (nSPS) is 18.7. The van der Waals surface area contributed by atoms with Crippen LogP contribution in [0.15, 0.2) is 48.0 Å². The highest BCUT2D eigenvalue weighted by molar-refractivity contribution is 6.46. The molecule has 6 nitrogen and oxygen atoms in total. The van der Waals surface area contributed by atoms with Gasteiger partial charge in [-0.15, -0.1) is 0 Å². The zero-order valence-electron chi connectivity index (χ0n) is 19.4. The molecule has 0 spiro atoms. The van der Waals surface area contributed by atoms with E-state index in [0.717, 1.165) is 34.7 Å². The summed E-state index contributed by atoms with van der Waals surface area (Å²) in [4.78, 5) is 41.5. The Morgan fingerprint density at radius 1 is 1.06 bits per heavy atom. The van der Waals surface area contributed by atoms with E-state index in [9.17, 15) is 14.4 Å². The lowest BCUT2D eigenvalue weighted by Gasteiger charge is -2.43. The Morgan fingerprint density at radius 2 is 1.79 bits per heavy atom. The number of allylic oxidation sites excluding steroid dienone is 1. The van der Waals surface area contributed by atoms with Crippen molar-refractivity contribution in [1.82, 2.24) is 5.32 Å². The molecule has 4 rings (SSSR count). The number of imide groups is 2. The average molecular weight is 498 g/mol. The molecule has 0 aromatic heterocycles. The van der Waals surface area contributed by atoms with Crippen LogP contribution in [-0.2, 0) is 9.59 Å². The Morgan fingerprint density at radius 3 is 2.50 bits per heavy atom. The third-order valence-corrected chi connectivity index (χ3v) is 6.84. The summed E-state index contributed by atoms with van der Waals surface area (Å²) in [5.41, 5.74) is 3.76. The summed E-state index contributed by atoms with van der Waals surface area (Å²) in [7, 11) is 0. The third kappa shape index (κ3) is 4.12. The first-order valence-corrected chi connectivity index (χ1v) is 11.8. The van der Waals surface area contributed by atoms with E-state index in [1.807, 2.05) is 18.2 Å². The summed E-state index contributed by atoms with van der Waals surface area (Å²) < 4.78 is 0. The molecule has 2 aliphatic rings. The van der Waals surface area contributed by atoms with Crippen molar-refractivity contribution < 1.29 is 14.4 Å². The number of nitrogens with zero attached hydrogens (tertiary/aromatic N) is 2. The van der Waals surface area contributed by atoms with Crippen molar-refractivity contribution in [2.45, 2.75) is 39.7 Å². The number of amides is 4. The number of hydrogen-bond donors (Lipinski definition) is 1. The molecule has 0 saturated carbocycles. The highest BCUT2D eigenvalue weighted by Crippen LogP contribution is 2.40. The maximum atomic E-state index is 13.2. The fraction of sp³-hybridized carbons (Fsp3) is 0.269. The lowest BCUT2D eigenvalue weighted by Crippen LogP contribution is -2.54. The number of hydrogen-bond acceptors (Lipinski definition) is 4. The van der Waals surface area contributed by atoms with E-state index in [1.54, 1.807) is 12.1 Å². The van der Waals surface area contributed by atoms with Gasteiger partial charge in [-0.1, -0.05) is 48.3 Å². The van der Waals surface area contributed by atoms with E-state index in [0.29, 0.717) is 5.56 Å². The van der Waals surface area contributed by atoms with E-state index >= 15 is 0 Å². The Balaban J connectivity index is 1.76. The number of benzene rings is 2. The van der Waals surface area contributed by atoms with E-state index in [-0.39, 0.29) is 26.8 Å². The summed E-state index contributed by atoms with van der Waals surface area (Å²) in [6.07, 6.45) is 4.72. The maximum Gasteiger partial charge on any atom is 0.336 e. The molecular formula is C26H25Cl2N3O3. The average Bonchev–Trinajstić information content (AvgIpc) is 2.76. The number of carbonyl (C=O) groups is 3. The minimum atomic E-state index is -0.877. The van der Waals surface area contributed by atoms with Crippen molar-refractivity contribution in [3.05, 3.63) is 69.2 Å². The first kappa shape index (κ1) is 24.0. The van der Waals surface area contributed by atoms with Crippen molar-refractivity contribution in [1.29, 1.82) is 0 Å². The van der Waals surface area contributed by atoms with Gasteiger partial charge in [-0.25, -0.2) is 9.69 Å². The number of halogens is 2. The van der Waals surface area contributed by atoms with Gasteiger partial charge in [-0.3, -0.25) is 14.9 Å². The predicted molar refractivity (Wildman–Crippen MR) is 137 cm³/mol. The van der Waals surface area contributed by atoms with E-state index in [2.05, 4.69) is 44.0 Å². The maximum absolute atomic E-state index is 13.2. The van der Waals surface area contributed by atoms with Gasteiger partial charge in [0.05, 0.1) is 21.3 Å². The van der Waals surface area contributed by atoms with E-state index in [1.165, 1.54) is 12.1 Å². The van der Waals surface area contributed by atoms with Gasteiger partial charge in [-0.2, -0.15) is 0 Å². The first-order chi connectivity index (χ1) is 16.0. The Labute approximate surface area is 208 Å². The van der Waals surface area contributed by atoms with E-state index < -0.39 is 17.8 Å². The largest absolute Gasteiger partial charge is 0.362 e. The van der Waals surface area contributed by atoms with E-state index in [4.69, 9.17) is 23.2 Å². The lowest BCUT2D eigenvalue weighted by molar-refractivity contribution is -0.122. The minimum absolute atomic E-state index is 0.0505. The Kier molecular flexibility index (Phi) is 6.32. The standard InChI is InChI=1S/C26H25Cl2N3O3/c1-5-11-30-20-10-9-16(12-17(20)15(2)14-26(30,3)4)13-18-23(32)29-25(34)31(24(18)33)21-8-6-7-19(27)22(21)28/h6-10,12-14H,5,11H2,1-4H3,(H,29,32,34)/b18-13-. The van der Waals surface area contributed by atoms with Crippen LogP contribution in [0.4, 0.5) is 16.2 Å². The molecule has 8 heteroatoms. The number of barbiturate groups is 1. The topological polar surface area (TPSA) is 69.7 Å². The van der Waals surface area contributed by atoms with Gasteiger partial charge in [0.2, 0.25) is 0 Å². The van der Waals surface area contributed by atoms with Crippen LogP contribution in [0.25, 0.3) is 11.6 Å². The number of urea groups is 1.